The van der Waals surface area contributed by atoms with Crippen molar-refractivity contribution in [2.75, 3.05) is 7.11 Å². The summed E-state index contributed by atoms with van der Waals surface area (Å²) >= 11 is 0. The molecule has 0 atom stereocenters. The Morgan fingerprint density at radius 1 is 0.614 bits per heavy atom. The second-order valence-corrected chi connectivity index (χ2v) is 9.94. The van der Waals surface area contributed by atoms with Crippen LogP contribution in [0.5, 0.6) is 23.0 Å². The average molecular weight is 585 g/mol. The fourth-order valence-corrected chi connectivity index (χ4v) is 4.50. The van der Waals surface area contributed by atoms with Gasteiger partial charge in [-0.1, -0.05) is 91.0 Å². The Morgan fingerprint density at radius 2 is 1.16 bits per heavy atom. The maximum absolute atomic E-state index is 13.3. The summed E-state index contributed by atoms with van der Waals surface area (Å²) < 4.78 is 23.9. The van der Waals surface area contributed by atoms with Crippen molar-refractivity contribution in [2.45, 2.75) is 19.8 Å². The summed E-state index contributed by atoms with van der Waals surface area (Å²) in [6, 6.07) is 37.6. The molecule has 0 aliphatic carbocycles. The largest absolute Gasteiger partial charge is 0.493 e. The molecule has 0 fully saturated rings. The minimum absolute atomic E-state index is 0.254. The van der Waals surface area contributed by atoms with Crippen molar-refractivity contribution in [3.63, 3.8) is 0 Å². The summed E-state index contributed by atoms with van der Waals surface area (Å²) in [6.45, 7) is 0.933. The predicted octanol–water partition coefficient (Wildman–Crippen LogP) is 8.14. The molecule has 44 heavy (non-hydrogen) atoms. The third-order valence-corrected chi connectivity index (χ3v) is 6.80. The Balaban J connectivity index is 1.40. The molecule has 0 spiro atoms. The zero-order valence-electron chi connectivity index (χ0n) is 24.3. The number of allylic oxidation sites excluding steroid dienone is 1. The number of methoxy groups -OCH3 is 1. The van der Waals surface area contributed by atoms with Gasteiger partial charge < -0.3 is 18.9 Å². The fourth-order valence-electron chi connectivity index (χ4n) is 4.50. The normalized spacial score (nSPS) is 10.8. The highest BCUT2D eigenvalue weighted by Crippen LogP contribution is 2.36. The van der Waals surface area contributed by atoms with E-state index in [9.17, 15) is 9.59 Å². The highest BCUT2D eigenvalue weighted by molar-refractivity contribution is 6.07. The molecule has 5 rings (SSSR count). The summed E-state index contributed by atoms with van der Waals surface area (Å²) in [5.41, 5.74) is 4.31. The van der Waals surface area contributed by atoms with Crippen LogP contribution in [0.3, 0.4) is 0 Å². The molecule has 0 amide bonds. The van der Waals surface area contributed by atoms with Crippen LogP contribution in [0, 0.1) is 0 Å². The molecule has 0 N–H and O–H groups in total. The average Bonchev–Trinajstić information content (AvgIpc) is 3.09. The lowest BCUT2D eigenvalue weighted by molar-refractivity contribution is 0.104. The van der Waals surface area contributed by atoms with Gasteiger partial charge >= 0.3 is 0 Å². The molecule has 6 heteroatoms. The van der Waals surface area contributed by atoms with Crippen LogP contribution in [-0.2, 0) is 19.8 Å². The Kier molecular flexibility index (Phi) is 10.2. The predicted molar refractivity (Wildman–Crippen MR) is 171 cm³/mol. The summed E-state index contributed by atoms with van der Waals surface area (Å²) in [5, 5.41) is 0. The zero-order valence-corrected chi connectivity index (χ0v) is 24.3. The highest BCUT2D eigenvalue weighted by Gasteiger charge is 2.15. The van der Waals surface area contributed by atoms with E-state index in [4.69, 9.17) is 18.9 Å². The number of benzene rings is 5. The van der Waals surface area contributed by atoms with E-state index < -0.39 is 0 Å². The number of ketones is 1. The number of hydrogen-bond acceptors (Lipinski definition) is 6. The van der Waals surface area contributed by atoms with E-state index in [1.807, 2.05) is 91.0 Å². The maximum Gasteiger partial charge on any atom is 0.185 e. The molecular formula is C38H32O6. The van der Waals surface area contributed by atoms with Crippen LogP contribution in [0.1, 0.15) is 43.0 Å². The van der Waals surface area contributed by atoms with E-state index >= 15 is 0 Å². The van der Waals surface area contributed by atoms with Crippen molar-refractivity contribution in [2.24, 2.45) is 0 Å². The molecule has 0 aliphatic heterocycles. The SMILES string of the molecule is COc1cc(C(=O)/C=C/c2cc(C=O)cc(OCc3ccccc3)c2OCc2ccccc2)ccc1OCc1ccccc1. The van der Waals surface area contributed by atoms with E-state index in [-0.39, 0.29) is 19.0 Å². The molecule has 5 aromatic rings. The number of carbonyl (C=O) groups excluding carboxylic acids is 2. The van der Waals surface area contributed by atoms with Gasteiger partial charge in [0.2, 0.25) is 0 Å². The van der Waals surface area contributed by atoms with Crippen molar-refractivity contribution in [1.82, 2.24) is 0 Å². The molecule has 0 bridgehead atoms. The lowest BCUT2D eigenvalue weighted by Crippen LogP contribution is -2.03. The smallest absolute Gasteiger partial charge is 0.185 e. The summed E-state index contributed by atoms with van der Waals surface area (Å²) in [6.07, 6.45) is 3.82. The molecular weight excluding hydrogens is 552 g/mol. The van der Waals surface area contributed by atoms with E-state index in [1.165, 1.54) is 13.2 Å². The van der Waals surface area contributed by atoms with Gasteiger partial charge in [0.25, 0.3) is 0 Å². The lowest BCUT2D eigenvalue weighted by Gasteiger charge is -2.16. The third kappa shape index (κ3) is 8.01. The summed E-state index contributed by atoms with van der Waals surface area (Å²) in [7, 11) is 1.53. The van der Waals surface area contributed by atoms with Crippen LogP contribution < -0.4 is 18.9 Å². The Bertz CT molecular complexity index is 1710. The minimum Gasteiger partial charge on any atom is -0.493 e. The Morgan fingerprint density at radius 3 is 1.70 bits per heavy atom. The first kappa shape index (κ1) is 29.9. The second-order valence-electron chi connectivity index (χ2n) is 9.94. The van der Waals surface area contributed by atoms with Gasteiger partial charge in [0.15, 0.2) is 28.8 Å². The van der Waals surface area contributed by atoms with E-state index in [2.05, 4.69) is 0 Å². The first-order chi connectivity index (χ1) is 21.6. The Hall–Kier alpha value is -5.62. The number of ether oxygens (including phenoxy) is 4. The van der Waals surface area contributed by atoms with Gasteiger partial charge in [0.05, 0.1) is 7.11 Å². The minimum atomic E-state index is -0.254. The molecule has 0 heterocycles. The molecule has 220 valence electrons. The van der Waals surface area contributed by atoms with Crippen LogP contribution in [0.25, 0.3) is 6.08 Å². The van der Waals surface area contributed by atoms with Crippen molar-refractivity contribution in [3.05, 3.63) is 161 Å². The fraction of sp³-hybridized carbons (Fsp3) is 0.105. The molecule has 0 aliphatic rings. The summed E-state index contributed by atoms with van der Waals surface area (Å²) in [4.78, 5) is 25.2. The number of carbonyl (C=O) groups is 2. The van der Waals surface area contributed by atoms with Crippen molar-refractivity contribution < 1.29 is 28.5 Å². The molecule has 0 saturated heterocycles. The van der Waals surface area contributed by atoms with Crippen LogP contribution in [0.4, 0.5) is 0 Å². The van der Waals surface area contributed by atoms with Gasteiger partial charge in [-0.05, 0) is 59.2 Å². The standard InChI is InChI=1S/C38H32O6/c1-41-36-23-32(18-20-35(36)42-25-28-11-5-2-6-12-28)34(40)19-17-33-21-31(24-39)22-37(43-26-29-13-7-3-8-14-29)38(33)44-27-30-15-9-4-10-16-30/h2-24H,25-27H2,1H3/b19-17+. The van der Waals surface area contributed by atoms with Crippen LogP contribution in [0.2, 0.25) is 0 Å². The first-order valence-electron chi connectivity index (χ1n) is 14.2. The van der Waals surface area contributed by atoms with Gasteiger partial charge in [-0.3, -0.25) is 9.59 Å². The monoisotopic (exact) mass is 584 g/mol. The van der Waals surface area contributed by atoms with E-state index in [0.717, 1.165) is 23.0 Å². The van der Waals surface area contributed by atoms with Gasteiger partial charge in [-0.25, -0.2) is 0 Å². The number of aldehydes is 1. The number of hydrogen-bond donors (Lipinski definition) is 0. The zero-order chi connectivity index (χ0) is 30.6. The van der Waals surface area contributed by atoms with Gasteiger partial charge in [0.1, 0.15) is 26.1 Å². The number of rotatable bonds is 14. The van der Waals surface area contributed by atoms with Crippen molar-refractivity contribution in [3.8, 4) is 23.0 Å². The van der Waals surface area contributed by atoms with Crippen LogP contribution in [-0.4, -0.2) is 19.2 Å². The molecule has 6 nitrogen and oxygen atoms in total. The highest BCUT2D eigenvalue weighted by atomic mass is 16.5. The molecule has 5 aromatic carbocycles. The Labute approximate surface area is 257 Å². The van der Waals surface area contributed by atoms with Crippen LogP contribution in [0.15, 0.2) is 127 Å². The third-order valence-electron chi connectivity index (χ3n) is 6.80. The van der Waals surface area contributed by atoms with Gasteiger partial charge in [-0.2, -0.15) is 0 Å². The molecule has 0 aromatic heterocycles. The van der Waals surface area contributed by atoms with Crippen LogP contribution >= 0.6 is 0 Å². The van der Waals surface area contributed by atoms with Crippen molar-refractivity contribution >= 4 is 18.1 Å². The topological polar surface area (TPSA) is 71.1 Å². The lowest BCUT2D eigenvalue weighted by atomic mass is 10.1. The second kappa shape index (κ2) is 15.0. The molecule has 0 radical (unpaired) electrons. The quantitative estimate of drug-likeness (QED) is 0.0745. The van der Waals surface area contributed by atoms with E-state index in [1.54, 1.807) is 36.4 Å². The van der Waals surface area contributed by atoms with Gasteiger partial charge in [-0.15, -0.1) is 0 Å². The van der Waals surface area contributed by atoms with Crippen molar-refractivity contribution in [1.29, 1.82) is 0 Å². The molecule has 0 unspecified atom stereocenters. The first-order valence-corrected chi connectivity index (χ1v) is 14.2. The molecule has 0 saturated carbocycles. The maximum atomic E-state index is 13.3. The van der Waals surface area contributed by atoms with Gasteiger partial charge in [0, 0.05) is 16.7 Å². The van der Waals surface area contributed by atoms with E-state index in [0.29, 0.717) is 46.3 Å². The summed E-state index contributed by atoms with van der Waals surface area (Å²) in [5.74, 6) is 1.57.